The van der Waals surface area contributed by atoms with Crippen molar-refractivity contribution < 1.29 is 13.9 Å². The normalized spacial score (nSPS) is 12.4. The first-order valence-electron chi connectivity index (χ1n) is 12.9. The van der Waals surface area contributed by atoms with Gasteiger partial charge in [0.05, 0.1) is 35.2 Å². The van der Waals surface area contributed by atoms with Crippen molar-refractivity contribution in [3.05, 3.63) is 71.0 Å². The number of aromatic nitrogens is 4. The summed E-state index contributed by atoms with van der Waals surface area (Å²) in [5, 5.41) is 8.89. The number of carbonyl (C=O) groups is 1. The lowest BCUT2D eigenvalue weighted by molar-refractivity contribution is -0.114. The van der Waals surface area contributed by atoms with E-state index in [2.05, 4.69) is 38.6 Å². The third kappa shape index (κ3) is 5.25. The van der Waals surface area contributed by atoms with Gasteiger partial charge in [0.25, 0.3) is 5.91 Å². The Kier molecular flexibility index (Phi) is 7.52. The molecule has 0 saturated carbocycles. The minimum atomic E-state index is -1.11. The van der Waals surface area contributed by atoms with Crippen LogP contribution in [0.5, 0.6) is 5.75 Å². The second-order valence-corrected chi connectivity index (χ2v) is 9.71. The van der Waals surface area contributed by atoms with Crippen LogP contribution in [0.3, 0.4) is 0 Å². The Bertz CT molecular complexity index is 1660. The molecule has 5 rings (SSSR count). The van der Waals surface area contributed by atoms with Gasteiger partial charge < -0.3 is 25.6 Å². The number of ether oxygens (including phenoxy) is 1. The van der Waals surface area contributed by atoms with Crippen LogP contribution in [0.15, 0.2) is 59.8 Å². The van der Waals surface area contributed by atoms with Crippen molar-refractivity contribution in [2.45, 2.75) is 19.4 Å². The molecule has 11 nitrogen and oxygen atoms in total. The molecule has 0 radical (unpaired) electrons. The number of hydrogen-bond acceptors (Lipinski definition) is 8. The minimum Gasteiger partial charge on any atom is -0.494 e. The smallest absolute Gasteiger partial charge is 0.334 e. The number of carbonyl (C=O) groups excluding carboxylic acids is 1. The van der Waals surface area contributed by atoms with E-state index < -0.39 is 11.7 Å². The highest BCUT2D eigenvalue weighted by molar-refractivity contribution is 6.04. The molecular formula is C28H31FN8O3. The van der Waals surface area contributed by atoms with Crippen molar-refractivity contribution in [1.29, 1.82) is 0 Å². The van der Waals surface area contributed by atoms with Crippen LogP contribution in [0.2, 0.25) is 0 Å². The van der Waals surface area contributed by atoms with E-state index in [0.717, 1.165) is 36.0 Å². The van der Waals surface area contributed by atoms with E-state index in [1.165, 1.54) is 7.11 Å². The SMILES string of the molecule is C=C(F)C(=O)Nc1cc(Nc2nccc(-n3c(=O)n4c5c(cccc53)CCC4)n2)c(OC)cc1NCCN(C)C. The van der Waals surface area contributed by atoms with Crippen molar-refractivity contribution >= 4 is 40.0 Å². The number of hydrogen-bond donors (Lipinski definition) is 3. The van der Waals surface area contributed by atoms with Crippen LogP contribution in [-0.2, 0) is 17.8 Å². The van der Waals surface area contributed by atoms with E-state index in [4.69, 9.17) is 4.74 Å². The summed E-state index contributed by atoms with van der Waals surface area (Å²) in [6.07, 6.45) is 3.38. The lowest BCUT2D eigenvalue weighted by atomic mass is 10.0. The first-order chi connectivity index (χ1) is 19.3. The van der Waals surface area contributed by atoms with Gasteiger partial charge in [-0.1, -0.05) is 18.7 Å². The maximum atomic E-state index is 13.5. The number of benzene rings is 2. The molecule has 208 valence electrons. The quantitative estimate of drug-likeness (QED) is 0.258. The van der Waals surface area contributed by atoms with Crippen molar-refractivity contribution in [2.24, 2.45) is 0 Å². The Hall–Kier alpha value is -4.71. The largest absolute Gasteiger partial charge is 0.494 e. The van der Waals surface area contributed by atoms with E-state index in [9.17, 15) is 14.0 Å². The minimum absolute atomic E-state index is 0.158. The molecule has 0 atom stereocenters. The number of rotatable bonds is 10. The van der Waals surface area contributed by atoms with Crippen LogP contribution < -0.4 is 26.4 Å². The number of aryl methyl sites for hydroxylation is 2. The van der Waals surface area contributed by atoms with Crippen LogP contribution in [-0.4, -0.2) is 64.2 Å². The van der Waals surface area contributed by atoms with Gasteiger partial charge in [0.2, 0.25) is 5.95 Å². The highest BCUT2D eigenvalue weighted by Crippen LogP contribution is 2.36. The molecule has 2 aromatic heterocycles. The molecule has 4 aromatic rings. The molecule has 0 unspecified atom stereocenters. The van der Waals surface area contributed by atoms with E-state index in [0.29, 0.717) is 41.7 Å². The monoisotopic (exact) mass is 546 g/mol. The zero-order valence-electron chi connectivity index (χ0n) is 22.6. The topological polar surface area (TPSA) is 118 Å². The number of nitrogens with zero attached hydrogens (tertiary/aromatic N) is 5. The molecule has 3 heterocycles. The fourth-order valence-corrected chi connectivity index (χ4v) is 4.80. The fourth-order valence-electron chi connectivity index (χ4n) is 4.80. The predicted octanol–water partition coefficient (Wildman–Crippen LogP) is 3.68. The first-order valence-corrected chi connectivity index (χ1v) is 12.9. The third-order valence-electron chi connectivity index (χ3n) is 6.68. The first kappa shape index (κ1) is 26.9. The maximum Gasteiger partial charge on any atom is 0.334 e. The van der Waals surface area contributed by atoms with Crippen LogP contribution >= 0.6 is 0 Å². The standard InChI is InChI=1S/C28H31FN8O3/c1-17(29)26(38)32-20-15-21(23(40-4)16-19(20)30-12-14-35(2)3)33-27-31-11-10-24(34-27)37-22-9-5-7-18-8-6-13-36(25(18)22)28(37)39/h5,7,9-11,15-16,30H,1,6,8,12-14H2,2-4H3,(H,32,38)(H,31,33,34). The molecule has 0 saturated heterocycles. The number of nitrogens with one attached hydrogen (secondary N) is 3. The third-order valence-corrected chi connectivity index (χ3v) is 6.68. The molecule has 3 N–H and O–H groups in total. The zero-order valence-corrected chi connectivity index (χ0v) is 22.6. The molecule has 40 heavy (non-hydrogen) atoms. The van der Waals surface area contributed by atoms with Gasteiger partial charge in [0.15, 0.2) is 5.83 Å². The van der Waals surface area contributed by atoms with E-state index in [1.807, 2.05) is 31.1 Å². The maximum absolute atomic E-state index is 13.5. The van der Waals surface area contributed by atoms with Crippen LogP contribution in [0, 0.1) is 0 Å². The Morgan fingerprint density at radius 1 is 1.20 bits per heavy atom. The van der Waals surface area contributed by atoms with Gasteiger partial charge in [-0.25, -0.2) is 18.7 Å². The molecule has 0 bridgehead atoms. The number of halogens is 1. The number of para-hydroxylation sites is 1. The summed E-state index contributed by atoms with van der Waals surface area (Å²) in [5.74, 6) is -1.03. The summed E-state index contributed by atoms with van der Waals surface area (Å²) in [7, 11) is 5.39. The molecule has 2 aromatic carbocycles. The summed E-state index contributed by atoms with van der Waals surface area (Å²) in [6.45, 7) is 5.03. The number of likely N-dealkylation sites (N-methyl/N-ethyl adjacent to an activating group) is 1. The second kappa shape index (κ2) is 11.2. The van der Waals surface area contributed by atoms with Gasteiger partial charge in [-0.3, -0.25) is 9.36 Å². The summed E-state index contributed by atoms with van der Waals surface area (Å²) in [5.41, 5.74) is 3.97. The van der Waals surface area contributed by atoms with Crippen LogP contribution in [0.4, 0.5) is 27.4 Å². The molecule has 1 aliphatic rings. The zero-order chi connectivity index (χ0) is 28.4. The van der Waals surface area contributed by atoms with Crippen molar-refractivity contribution in [3.63, 3.8) is 0 Å². The molecule has 0 aliphatic carbocycles. The van der Waals surface area contributed by atoms with Crippen LogP contribution in [0.25, 0.3) is 16.9 Å². The Balaban J connectivity index is 1.52. The average molecular weight is 547 g/mol. The fraction of sp³-hybridized carbons (Fsp3) is 0.286. The van der Waals surface area contributed by atoms with Gasteiger partial charge >= 0.3 is 5.69 Å². The summed E-state index contributed by atoms with van der Waals surface area (Å²) < 4.78 is 22.5. The van der Waals surface area contributed by atoms with Crippen molar-refractivity contribution in [3.8, 4) is 11.6 Å². The molecule has 12 heteroatoms. The molecule has 1 amide bonds. The van der Waals surface area contributed by atoms with Crippen molar-refractivity contribution in [2.75, 3.05) is 50.2 Å². The Morgan fingerprint density at radius 2 is 2.02 bits per heavy atom. The number of amides is 1. The summed E-state index contributed by atoms with van der Waals surface area (Å²) >= 11 is 0. The number of anilines is 4. The van der Waals surface area contributed by atoms with Gasteiger partial charge in [0, 0.05) is 38.0 Å². The summed E-state index contributed by atoms with van der Waals surface area (Å²) in [6, 6.07) is 10.9. The Labute approximate surface area is 230 Å². The molecule has 0 fully saturated rings. The Morgan fingerprint density at radius 3 is 2.77 bits per heavy atom. The summed E-state index contributed by atoms with van der Waals surface area (Å²) in [4.78, 5) is 36.5. The molecular weight excluding hydrogens is 515 g/mol. The van der Waals surface area contributed by atoms with Gasteiger partial charge in [0.1, 0.15) is 11.6 Å². The molecule has 0 spiro atoms. The number of imidazole rings is 1. The van der Waals surface area contributed by atoms with Crippen LogP contribution in [0.1, 0.15) is 12.0 Å². The number of methoxy groups -OCH3 is 1. The van der Waals surface area contributed by atoms with E-state index in [1.54, 1.807) is 33.5 Å². The van der Waals surface area contributed by atoms with E-state index >= 15 is 0 Å². The highest BCUT2D eigenvalue weighted by atomic mass is 19.1. The average Bonchev–Trinajstić information content (AvgIpc) is 3.22. The lowest BCUT2D eigenvalue weighted by Crippen LogP contribution is -2.25. The molecule has 1 aliphatic heterocycles. The van der Waals surface area contributed by atoms with Crippen molar-refractivity contribution in [1.82, 2.24) is 24.0 Å². The van der Waals surface area contributed by atoms with Gasteiger partial charge in [-0.05, 0) is 44.6 Å². The van der Waals surface area contributed by atoms with E-state index in [-0.39, 0.29) is 11.6 Å². The van der Waals surface area contributed by atoms with Gasteiger partial charge in [-0.2, -0.15) is 4.98 Å². The predicted molar refractivity (Wildman–Crippen MR) is 154 cm³/mol. The second-order valence-electron chi connectivity index (χ2n) is 9.71. The highest BCUT2D eigenvalue weighted by Gasteiger charge is 2.21. The van der Waals surface area contributed by atoms with Gasteiger partial charge in [-0.15, -0.1) is 0 Å². The lowest BCUT2D eigenvalue weighted by Gasteiger charge is -2.19.